The van der Waals surface area contributed by atoms with Gasteiger partial charge in [-0.3, -0.25) is 9.38 Å². The van der Waals surface area contributed by atoms with Crippen molar-refractivity contribution in [2.45, 2.75) is 6.54 Å². The van der Waals surface area contributed by atoms with Crippen LogP contribution in [0.3, 0.4) is 0 Å². The predicted molar refractivity (Wildman–Crippen MR) is 125 cm³/mol. The minimum absolute atomic E-state index is 0.319. The molecule has 160 valence electrons. The van der Waals surface area contributed by atoms with Gasteiger partial charge in [-0.2, -0.15) is 0 Å². The molecule has 4 N–H and O–H groups in total. The maximum atomic E-state index is 11.5. The summed E-state index contributed by atoms with van der Waals surface area (Å²) < 4.78 is 1.79. The predicted octanol–water partition coefficient (Wildman–Crippen LogP) is 3.15. The number of hydrogen-bond acceptors (Lipinski definition) is 6. The van der Waals surface area contributed by atoms with Crippen LogP contribution in [-0.2, 0) is 6.54 Å². The van der Waals surface area contributed by atoms with Crippen LogP contribution in [0.15, 0.2) is 77.7 Å². The van der Waals surface area contributed by atoms with Gasteiger partial charge in [0, 0.05) is 29.3 Å². The van der Waals surface area contributed by atoms with Crippen LogP contribution in [0, 0.1) is 0 Å². The van der Waals surface area contributed by atoms with Crippen molar-refractivity contribution in [3.05, 3.63) is 89.0 Å². The average molecular weight is 434 g/mol. The quantitative estimate of drug-likeness (QED) is 0.391. The van der Waals surface area contributed by atoms with Gasteiger partial charge in [0.1, 0.15) is 0 Å². The van der Waals surface area contributed by atoms with Crippen molar-refractivity contribution in [2.75, 3.05) is 0 Å². The summed E-state index contributed by atoms with van der Waals surface area (Å²) in [6, 6.07) is 22.3. The number of pyridine rings is 2. The molecule has 0 spiro atoms. The second kappa shape index (κ2) is 7.50. The average Bonchev–Trinajstić information content (AvgIpc) is 3.50. The Bertz CT molecular complexity index is 1660. The Labute approximate surface area is 187 Å². The fraction of sp³-hybridized carbons (Fsp3) is 0.0417. The highest BCUT2D eigenvalue weighted by atomic mass is 16.1. The SMILES string of the molecule is NCc1ccc(-c2nc3ccn4c(-c5n[nH]c(=O)[nH]5)nnc4c3cc2-c2ccccc2)cc1. The van der Waals surface area contributed by atoms with Crippen LogP contribution in [-0.4, -0.2) is 34.8 Å². The Morgan fingerprint density at radius 2 is 1.76 bits per heavy atom. The summed E-state index contributed by atoms with van der Waals surface area (Å²) >= 11 is 0. The summed E-state index contributed by atoms with van der Waals surface area (Å²) in [6.07, 6.45) is 1.83. The first-order valence-corrected chi connectivity index (χ1v) is 10.4. The monoisotopic (exact) mass is 434 g/mol. The number of fused-ring (bicyclic) bond motifs is 3. The van der Waals surface area contributed by atoms with Crippen LogP contribution in [0.4, 0.5) is 0 Å². The Balaban J connectivity index is 1.62. The largest absolute Gasteiger partial charge is 0.341 e. The van der Waals surface area contributed by atoms with Crippen LogP contribution in [0.25, 0.3) is 50.6 Å². The summed E-state index contributed by atoms with van der Waals surface area (Å²) in [4.78, 5) is 19.1. The Kier molecular flexibility index (Phi) is 4.34. The Morgan fingerprint density at radius 1 is 0.939 bits per heavy atom. The molecule has 2 aromatic carbocycles. The van der Waals surface area contributed by atoms with E-state index in [-0.39, 0.29) is 0 Å². The zero-order chi connectivity index (χ0) is 22.4. The van der Waals surface area contributed by atoms with E-state index in [0.717, 1.165) is 38.9 Å². The Morgan fingerprint density at radius 3 is 2.48 bits per heavy atom. The molecule has 0 aliphatic heterocycles. The van der Waals surface area contributed by atoms with Crippen molar-refractivity contribution < 1.29 is 0 Å². The highest BCUT2D eigenvalue weighted by molar-refractivity contribution is 5.98. The number of aromatic amines is 2. The van der Waals surface area contributed by atoms with Gasteiger partial charge in [-0.15, -0.1) is 15.3 Å². The number of rotatable bonds is 4. The zero-order valence-corrected chi connectivity index (χ0v) is 17.4. The number of nitrogens with two attached hydrogens (primary N) is 1. The third-order valence-electron chi connectivity index (χ3n) is 5.63. The van der Waals surface area contributed by atoms with E-state index >= 15 is 0 Å². The molecule has 0 aliphatic carbocycles. The molecule has 33 heavy (non-hydrogen) atoms. The first kappa shape index (κ1) is 19.1. The van der Waals surface area contributed by atoms with Gasteiger partial charge in [0.05, 0.1) is 11.2 Å². The maximum Gasteiger partial charge on any atom is 0.341 e. The molecule has 0 bridgehead atoms. The smallest absolute Gasteiger partial charge is 0.326 e. The van der Waals surface area contributed by atoms with Gasteiger partial charge in [-0.05, 0) is 23.3 Å². The van der Waals surface area contributed by atoms with E-state index in [1.165, 1.54) is 0 Å². The van der Waals surface area contributed by atoms with E-state index in [1.807, 2.05) is 54.7 Å². The van der Waals surface area contributed by atoms with Crippen molar-refractivity contribution in [3.63, 3.8) is 0 Å². The van der Waals surface area contributed by atoms with Crippen molar-refractivity contribution in [3.8, 4) is 34.0 Å². The van der Waals surface area contributed by atoms with E-state index in [9.17, 15) is 4.79 Å². The first-order valence-electron chi connectivity index (χ1n) is 10.4. The number of aromatic nitrogens is 7. The van der Waals surface area contributed by atoms with Gasteiger partial charge >= 0.3 is 5.69 Å². The van der Waals surface area contributed by atoms with E-state index in [1.54, 1.807) is 4.40 Å². The number of benzene rings is 2. The van der Waals surface area contributed by atoms with Crippen LogP contribution in [0.5, 0.6) is 0 Å². The van der Waals surface area contributed by atoms with Crippen LogP contribution < -0.4 is 11.4 Å². The zero-order valence-electron chi connectivity index (χ0n) is 17.4. The molecular weight excluding hydrogens is 416 g/mol. The number of nitrogens with zero attached hydrogens (tertiary/aromatic N) is 5. The molecule has 9 nitrogen and oxygen atoms in total. The van der Waals surface area contributed by atoms with E-state index < -0.39 is 5.69 Å². The standard InChI is InChI=1S/C24H18N8O/c25-13-14-6-8-16(9-7-14)20-17(15-4-2-1-3-5-15)12-18-19(26-20)10-11-32-22(18)29-30-23(32)21-27-24(33)31-28-21/h1-12H,13,25H2,(H2,27,28,31,33). The molecule has 6 rings (SSSR count). The van der Waals surface area contributed by atoms with Crippen LogP contribution >= 0.6 is 0 Å². The van der Waals surface area contributed by atoms with Crippen LogP contribution in [0.2, 0.25) is 0 Å². The topological polar surface area (TPSA) is 131 Å². The summed E-state index contributed by atoms with van der Waals surface area (Å²) in [6.45, 7) is 0.492. The lowest BCUT2D eigenvalue weighted by atomic mass is 9.97. The highest BCUT2D eigenvalue weighted by Crippen LogP contribution is 2.34. The van der Waals surface area contributed by atoms with E-state index in [0.29, 0.717) is 23.8 Å². The van der Waals surface area contributed by atoms with Crippen molar-refractivity contribution >= 4 is 16.6 Å². The molecule has 0 radical (unpaired) electrons. The summed E-state index contributed by atoms with van der Waals surface area (Å²) in [7, 11) is 0. The van der Waals surface area contributed by atoms with E-state index in [2.05, 4.69) is 43.6 Å². The molecular formula is C24H18N8O. The van der Waals surface area contributed by atoms with Crippen molar-refractivity contribution in [2.24, 2.45) is 5.73 Å². The number of nitrogens with one attached hydrogen (secondary N) is 2. The summed E-state index contributed by atoms with van der Waals surface area (Å²) in [5.74, 6) is 0.757. The van der Waals surface area contributed by atoms with Gasteiger partial charge in [0.25, 0.3) is 0 Å². The summed E-state index contributed by atoms with van der Waals surface area (Å²) in [5, 5.41) is 15.8. The van der Waals surface area contributed by atoms with Crippen molar-refractivity contribution in [1.82, 2.24) is 34.8 Å². The lowest BCUT2D eigenvalue weighted by Crippen LogP contribution is -2.01. The lowest BCUT2D eigenvalue weighted by molar-refractivity contribution is 1.03. The molecule has 9 heteroatoms. The highest BCUT2D eigenvalue weighted by Gasteiger charge is 2.17. The molecule has 0 fully saturated rings. The molecule has 0 amide bonds. The molecule has 4 aromatic heterocycles. The van der Waals surface area contributed by atoms with Crippen molar-refractivity contribution in [1.29, 1.82) is 0 Å². The van der Waals surface area contributed by atoms with Gasteiger partial charge in [0.15, 0.2) is 11.5 Å². The number of hydrogen-bond donors (Lipinski definition) is 3. The molecule has 0 saturated heterocycles. The second-order valence-corrected chi connectivity index (χ2v) is 7.64. The summed E-state index contributed by atoms with van der Waals surface area (Å²) in [5.41, 5.74) is 11.8. The second-order valence-electron chi connectivity index (χ2n) is 7.64. The van der Waals surface area contributed by atoms with Gasteiger partial charge < -0.3 is 5.73 Å². The minimum Gasteiger partial charge on any atom is -0.326 e. The third-order valence-corrected chi connectivity index (χ3v) is 5.63. The molecule has 4 heterocycles. The first-order chi connectivity index (χ1) is 16.2. The fourth-order valence-electron chi connectivity index (χ4n) is 3.99. The van der Waals surface area contributed by atoms with Gasteiger partial charge in [0.2, 0.25) is 5.82 Å². The normalized spacial score (nSPS) is 11.4. The maximum absolute atomic E-state index is 11.5. The molecule has 0 atom stereocenters. The molecule has 6 aromatic rings. The minimum atomic E-state index is -0.402. The lowest BCUT2D eigenvalue weighted by Gasteiger charge is -2.12. The fourth-order valence-corrected chi connectivity index (χ4v) is 3.99. The molecule has 0 unspecified atom stereocenters. The van der Waals surface area contributed by atoms with Crippen LogP contribution in [0.1, 0.15) is 5.56 Å². The number of H-pyrrole nitrogens is 2. The molecule has 0 saturated carbocycles. The van der Waals surface area contributed by atoms with E-state index in [4.69, 9.17) is 10.7 Å². The van der Waals surface area contributed by atoms with Gasteiger partial charge in [-0.25, -0.2) is 14.9 Å². The third kappa shape index (κ3) is 3.19. The Hall–Kier alpha value is -4.63. The van der Waals surface area contributed by atoms with Gasteiger partial charge in [-0.1, -0.05) is 54.6 Å². The molecule has 0 aliphatic rings.